The van der Waals surface area contributed by atoms with Crippen molar-refractivity contribution in [2.24, 2.45) is 0 Å². The summed E-state index contributed by atoms with van der Waals surface area (Å²) in [6.07, 6.45) is 0. The van der Waals surface area contributed by atoms with Crippen LogP contribution in [0.2, 0.25) is 0 Å². The van der Waals surface area contributed by atoms with Gasteiger partial charge in [0.25, 0.3) is 0 Å². The predicted octanol–water partition coefficient (Wildman–Crippen LogP) is 4.59. The van der Waals surface area contributed by atoms with Gasteiger partial charge in [-0.15, -0.1) is 0 Å². The van der Waals surface area contributed by atoms with Crippen LogP contribution in [-0.4, -0.2) is 7.11 Å². The molecule has 0 amide bonds. The van der Waals surface area contributed by atoms with Crippen LogP contribution in [0.4, 0.5) is 4.39 Å². The highest BCUT2D eigenvalue weighted by molar-refractivity contribution is 9.10. The molecule has 0 aliphatic rings. The van der Waals surface area contributed by atoms with Gasteiger partial charge in [0.05, 0.1) is 6.61 Å². The summed E-state index contributed by atoms with van der Waals surface area (Å²) in [7, 11) is 1.68. The van der Waals surface area contributed by atoms with E-state index in [9.17, 15) is 4.39 Å². The molecule has 0 saturated carbocycles. The molecule has 112 valence electrons. The highest BCUT2D eigenvalue weighted by Crippen LogP contribution is 2.22. The van der Waals surface area contributed by atoms with Crippen LogP contribution in [0.1, 0.15) is 29.7 Å². The third kappa shape index (κ3) is 4.37. The largest absolute Gasteiger partial charge is 0.380 e. The van der Waals surface area contributed by atoms with Crippen molar-refractivity contribution < 1.29 is 9.13 Å². The van der Waals surface area contributed by atoms with E-state index in [4.69, 9.17) is 4.74 Å². The topological polar surface area (TPSA) is 21.3 Å². The Labute approximate surface area is 133 Å². The molecule has 2 aromatic rings. The summed E-state index contributed by atoms with van der Waals surface area (Å²) < 4.78 is 19.9. The molecule has 0 spiro atoms. The van der Waals surface area contributed by atoms with Crippen LogP contribution in [0, 0.1) is 5.82 Å². The fraction of sp³-hybridized carbons (Fsp3) is 0.294. The van der Waals surface area contributed by atoms with Gasteiger partial charge >= 0.3 is 0 Å². The van der Waals surface area contributed by atoms with Crippen molar-refractivity contribution in [3.8, 4) is 0 Å². The minimum absolute atomic E-state index is 0.0712. The molecule has 0 aliphatic heterocycles. The van der Waals surface area contributed by atoms with Crippen LogP contribution in [0.25, 0.3) is 0 Å². The first-order valence-electron chi connectivity index (χ1n) is 6.86. The van der Waals surface area contributed by atoms with Crippen LogP contribution >= 0.6 is 15.9 Å². The van der Waals surface area contributed by atoms with Gasteiger partial charge in [-0.3, -0.25) is 0 Å². The zero-order chi connectivity index (χ0) is 15.2. The van der Waals surface area contributed by atoms with Gasteiger partial charge in [-0.2, -0.15) is 0 Å². The Kier molecular flexibility index (Phi) is 5.91. The summed E-state index contributed by atoms with van der Waals surface area (Å²) in [4.78, 5) is 0. The Morgan fingerprint density at radius 2 is 1.90 bits per heavy atom. The van der Waals surface area contributed by atoms with E-state index in [0.717, 1.165) is 10.0 Å². The molecule has 2 rings (SSSR count). The Morgan fingerprint density at radius 1 is 1.19 bits per heavy atom. The molecule has 1 N–H and O–H groups in total. The maximum Gasteiger partial charge on any atom is 0.128 e. The molecule has 0 bridgehead atoms. The number of methoxy groups -OCH3 is 1. The second kappa shape index (κ2) is 7.69. The summed E-state index contributed by atoms with van der Waals surface area (Å²) in [6.45, 7) is 3.22. The molecule has 1 atom stereocenters. The number of rotatable bonds is 6. The van der Waals surface area contributed by atoms with Crippen molar-refractivity contribution in [2.75, 3.05) is 7.11 Å². The Bertz CT molecular complexity index is 603. The van der Waals surface area contributed by atoms with E-state index in [-0.39, 0.29) is 11.9 Å². The van der Waals surface area contributed by atoms with Gasteiger partial charge in [0, 0.05) is 29.7 Å². The van der Waals surface area contributed by atoms with Gasteiger partial charge in [-0.1, -0.05) is 40.2 Å². The summed E-state index contributed by atoms with van der Waals surface area (Å²) in [5, 5.41) is 3.37. The number of halogens is 2. The zero-order valence-electron chi connectivity index (χ0n) is 12.2. The van der Waals surface area contributed by atoms with Crippen molar-refractivity contribution in [1.82, 2.24) is 5.32 Å². The SMILES string of the molecule is COCc1ccccc1CNC(C)c1cc(Br)ccc1F. The van der Waals surface area contributed by atoms with Crippen molar-refractivity contribution in [2.45, 2.75) is 26.1 Å². The molecule has 0 saturated heterocycles. The molecule has 0 fully saturated rings. The Morgan fingerprint density at radius 3 is 2.62 bits per heavy atom. The van der Waals surface area contributed by atoms with Gasteiger partial charge in [-0.25, -0.2) is 4.39 Å². The molecular formula is C17H19BrFNO. The fourth-order valence-corrected chi connectivity index (χ4v) is 2.62. The lowest BCUT2D eigenvalue weighted by Gasteiger charge is -2.17. The number of hydrogen-bond donors (Lipinski definition) is 1. The van der Waals surface area contributed by atoms with Crippen LogP contribution < -0.4 is 5.32 Å². The standard InChI is InChI=1S/C17H19BrFNO/c1-12(16-9-15(18)7-8-17(16)19)20-10-13-5-3-4-6-14(13)11-21-2/h3-9,12,20H,10-11H2,1-2H3. The molecule has 2 nitrogen and oxygen atoms in total. The highest BCUT2D eigenvalue weighted by Gasteiger charge is 2.11. The molecule has 4 heteroatoms. The monoisotopic (exact) mass is 351 g/mol. The summed E-state index contributed by atoms with van der Waals surface area (Å²) >= 11 is 3.38. The molecule has 21 heavy (non-hydrogen) atoms. The van der Waals surface area contributed by atoms with Crippen LogP contribution in [0.15, 0.2) is 46.9 Å². The molecule has 0 aliphatic carbocycles. The summed E-state index contributed by atoms with van der Waals surface area (Å²) in [5.74, 6) is -0.191. The smallest absolute Gasteiger partial charge is 0.128 e. The van der Waals surface area contributed by atoms with Crippen molar-refractivity contribution in [3.05, 3.63) is 69.4 Å². The zero-order valence-corrected chi connectivity index (χ0v) is 13.8. The van der Waals surface area contributed by atoms with E-state index in [0.29, 0.717) is 18.7 Å². The second-order valence-corrected chi connectivity index (χ2v) is 5.89. The average molecular weight is 352 g/mol. The summed E-state index contributed by atoms with van der Waals surface area (Å²) in [6, 6.07) is 13.0. The third-order valence-electron chi connectivity index (χ3n) is 3.44. The van der Waals surface area contributed by atoms with E-state index in [1.54, 1.807) is 13.2 Å². The normalized spacial score (nSPS) is 12.4. The molecule has 0 heterocycles. The number of ether oxygens (including phenoxy) is 1. The van der Waals surface area contributed by atoms with Crippen molar-refractivity contribution >= 4 is 15.9 Å². The quantitative estimate of drug-likeness (QED) is 0.821. The molecule has 0 aromatic heterocycles. The number of benzene rings is 2. The maximum absolute atomic E-state index is 13.9. The van der Waals surface area contributed by atoms with Crippen LogP contribution in [-0.2, 0) is 17.9 Å². The van der Waals surface area contributed by atoms with E-state index >= 15 is 0 Å². The Hall–Kier alpha value is -1.23. The van der Waals surface area contributed by atoms with Crippen molar-refractivity contribution in [1.29, 1.82) is 0 Å². The van der Waals surface area contributed by atoms with E-state index < -0.39 is 0 Å². The van der Waals surface area contributed by atoms with Crippen LogP contribution in [0.5, 0.6) is 0 Å². The van der Waals surface area contributed by atoms with Gasteiger partial charge in [-0.05, 0) is 36.2 Å². The number of nitrogens with one attached hydrogen (secondary N) is 1. The fourth-order valence-electron chi connectivity index (χ4n) is 2.25. The minimum atomic E-state index is -0.191. The highest BCUT2D eigenvalue weighted by atomic mass is 79.9. The lowest BCUT2D eigenvalue weighted by Crippen LogP contribution is -2.20. The van der Waals surface area contributed by atoms with Crippen molar-refractivity contribution in [3.63, 3.8) is 0 Å². The van der Waals surface area contributed by atoms with Gasteiger partial charge < -0.3 is 10.1 Å². The average Bonchev–Trinajstić information content (AvgIpc) is 2.49. The van der Waals surface area contributed by atoms with E-state index in [1.165, 1.54) is 11.6 Å². The maximum atomic E-state index is 13.9. The Balaban J connectivity index is 2.07. The lowest BCUT2D eigenvalue weighted by molar-refractivity contribution is 0.184. The van der Waals surface area contributed by atoms with Crippen LogP contribution in [0.3, 0.4) is 0 Å². The second-order valence-electron chi connectivity index (χ2n) is 4.97. The minimum Gasteiger partial charge on any atom is -0.380 e. The first kappa shape index (κ1) is 16.1. The molecule has 0 radical (unpaired) electrons. The molecule has 2 aromatic carbocycles. The lowest BCUT2D eigenvalue weighted by atomic mass is 10.1. The van der Waals surface area contributed by atoms with Gasteiger partial charge in [0.2, 0.25) is 0 Å². The molecule has 1 unspecified atom stereocenters. The first-order valence-corrected chi connectivity index (χ1v) is 7.65. The third-order valence-corrected chi connectivity index (χ3v) is 3.93. The van der Waals surface area contributed by atoms with E-state index in [1.807, 2.05) is 31.2 Å². The van der Waals surface area contributed by atoms with E-state index in [2.05, 4.69) is 27.3 Å². The first-order chi connectivity index (χ1) is 10.1. The van der Waals surface area contributed by atoms with Gasteiger partial charge in [0.1, 0.15) is 5.82 Å². The van der Waals surface area contributed by atoms with Gasteiger partial charge in [0.15, 0.2) is 0 Å². The summed E-state index contributed by atoms with van der Waals surface area (Å²) in [5.41, 5.74) is 2.98. The number of hydrogen-bond acceptors (Lipinski definition) is 2. The predicted molar refractivity (Wildman–Crippen MR) is 86.5 cm³/mol. The molecular weight excluding hydrogens is 333 g/mol.